The molecule has 3 aromatic rings. The van der Waals surface area contributed by atoms with Crippen LogP contribution in [0.1, 0.15) is 55.7 Å². The molecule has 0 aromatic heterocycles. The van der Waals surface area contributed by atoms with Crippen LogP contribution in [0, 0.1) is 13.8 Å². The molecule has 1 saturated carbocycles. The number of benzene rings is 3. The summed E-state index contributed by atoms with van der Waals surface area (Å²) >= 11 is 6.47. The number of carbonyl (C=O) groups excluding carboxylic acids is 2. The maximum atomic E-state index is 14.1. The molecule has 0 heterocycles. The van der Waals surface area contributed by atoms with Gasteiger partial charge in [0.05, 0.1) is 15.6 Å². The molecule has 218 valence electrons. The predicted molar refractivity (Wildman–Crippen MR) is 163 cm³/mol. The van der Waals surface area contributed by atoms with Crippen LogP contribution in [-0.4, -0.2) is 43.8 Å². The summed E-state index contributed by atoms with van der Waals surface area (Å²) in [6.45, 7) is 5.16. The maximum absolute atomic E-state index is 14.1. The summed E-state index contributed by atoms with van der Waals surface area (Å²) in [5.74, 6) is -0.753. The Morgan fingerprint density at radius 2 is 1.61 bits per heavy atom. The van der Waals surface area contributed by atoms with E-state index in [0.29, 0.717) is 0 Å². The van der Waals surface area contributed by atoms with E-state index in [1.807, 2.05) is 38.1 Å². The van der Waals surface area contributed by atoms with E-state index in [-0.39, 0.29) is 34.1 Å². The first kappa shape index (κ1) is 30.6. The zero-order valence-corrected chi connectivity index (χ0v) is 25.4. The van der Waals surface area contributed by atoms with Crippen molar-refractivity contribution in [1.82, 2.24) is 10.2 Å². The summed E-state index contributed by atoms with van der Waals surface area (Å²) in [4.78, 5) is 29.0. The van der Waals surface area contributed by atoms with E-state index in [2.05, 4.69) is 5.32 Å². The van der Waals surface area contributed by atoms with E-state index in [1.165, 1.54) is 17.0 Å². The van der Waals surface area contributed by atoms with E-state index >= 15 is 0 Å². The SMILES string of the molecule is Cc1ccc(S(=O)(=O)N(CC(=O)N(Cc2cccc(C)c2)[C@@H](C)C(=O)NC2CCCCC2)c2ccccc2Cl)cc1. The number of hydrogen-bond acceptors (Lipinski definition) is 4. The minimum absolute atomic E-state index is 0.0455. The molecule has 3 aromatic carbocycles. The number of para-hydroxylation sites is 1. The molecule has 0 aliphatic heterocycles. The van der Waals surface area contributed by atoms with Gasteiger partial charge in [0.2, 0.25) is 11.8 Å². The number of anilines is 1. The van der Waals surface area contributed by atoms with Crippen molar-refractivity contribution in [3.63, 3.8) is 0 Å². The van der Waals surface area contributed by atoms with E-state index < -0.39 is 28.5 Å². The molecule has 0 spiro atoms. The van der Waals surface area contributed by atoms with Gasteiger partial charge in [-0.1, -0.05) is 90.5 Å². The quantitative estimate of drug-likeness (QED) is 0.311. The average molecular weight is 596 g/mol. The fourth-order valence-corrected chi connectivity index (χ4v) is 6.88. The molecule has 2 amide bonds. The van der Waals surface area contributed by atoms with E-state index in [4.69, 9.17) is 11.6 Å². The van der Waals surface area contributed by atoms with Gasteiger partial charge in [0, 0.05) is 12.6 Å². The first-order valence-electron chi connectivity index (χ1n) is 14.1. The highest BCUT2D eigenvalue weighted by atomic mass is 35.5. The largest absolute Gasteiger partial charge is 0.352 e. The Labute approximate surface area is 248 Å². The van der Waals surface area contributed by atoms with Crippen LogP contribution in [0.4, 0.5) is 5.69 Å². The lowest BCUT2D eigenvalue weighted by Crippen LogP contribution is -2.53. The van der Waals surface area contributed by atoms with Crippen molar-refractivity contribution in [3.8, 4) is 0 Å². The summed E-state index contributed by atoms with van der Waals surface area (Å²) in [5.41, 5.74) is 2.97. The first-order valence-corrected chi connectivity index (χ1v) is 15.9. The highest BCUT2D eigenvalue weighted by molar-refractivity contribution is 7.92. The summed E-state index contributed by atoms with van der Waals surface area (Å²) in [5, 5.41) is 3.32. The Hall–Kier alpha value is -3.36. The third-order valence-electron chi connectivity index (χ3n) is 7.56. The standard InChI is InChI=1S/C32H38ClN3O4S/c1-23-16-18-28(19-17-23)41(39,40)36(30-15-8-7-14-29(30)33)22-31(37)35(21-26-11-9-10-24(2)20-26)25(3)32(38)34-27-12-5-4-6-13-27/h7-11,14-20,25,27H,4-6,12-13,21-22H2,1-3H3,(H,34,38)/t25-/m0/s1. The molecule has 0 bridgehead atoms. The van der Waals surface area contributed by atoms with Gasteiger partial charge in [-0.25, -0.2) is 8.42 Å². The zero-order chi connectivity index (χ0) is 29.6. The zero-order valence-electron chi connectivity index (χ0n) is 23.8. The molecular weight excluding hydrogens is 558 g/mol. The van der Waals surface area contributed by atoms with Gasteiger partial charge in [-0.2, -0.15) is 0 Å². The molecule has 0 saturated heterocycles. The minimum atomic E-state index is -4.17. The third-order valence-corrected chi connectivity index (χ3v) is 9.66. The fourth-order valence-electron chi connectivity index (χ4n) is 5.16. The number of hydrogen-bond donors (Lipinski definition) is 1. The van der Waals surface area contributed by atoms with Gasteiger partial charge in [-0.05, 0) is 63.4 Å². The molecule has 1 aliphatic carbocycles. The Morgan fingerprint density at radius 3 is 2.27 bits per heavy atom. The molecular formula is C32H38ClN3O4S. The van der Waals surface area contributed by atoms with Crippen LogP contribution < -0.4 is 9.62 Å². The van der Waals surface area contributed by atoms with E-state index in [1.54, 1.807) is 43.3 Å². The van der Waals surface area contributed by atoms with Crippen molar-refractivity contribution in [2.45, 2.75) is 76.4 Å². The van der Waals surface area contributed by atoms with Gasteiger partial charge in [-0.15, -0.1) is 0 Å². The van der Waals surface area contributed by atoms with Crippen LogP contribution in [0.2, 0.25) is 5.02 Å². The van der Waals surface area contributed by atoms with Crippen molar-refractivity contribution in [1.29, 1.82) is 0 Å². The van der Waals surface area contributed by atoms with Gasteiger partial charge >= 0.3 is 0 Å². The Bertz CT molecular complexity index is 1470. The van der Waals surface area contributed by atoms with Crippen molar-refractivity contribution in [2.75, 3.05) is 10.8 Å². The molecule has 1 N–H and O–H groups in total. The van der Waals surface area contributed by atoms with Crippen LogP contribution in [0.15, 0.2) is 77.7 Å². The normalized spacial score (nSPS) is 14.7. The lowest BCUT2D eigenvalue weighted by Gasteiger charge is -2.33. The maximum Gasteiger partial charge on any atom is 0.264 e. The molecule has 9 heteroatoms. The number of amides is 2. The second kappa shape index (κ2) is 13.5. The molecule has 4 rings (SSSR count). The summed E-state index contributed by atoms with van der Waals surface area (Å²) < 4.78 is 28.9. The van der Waals surface area contributed by atoms with Crippen molar-refractivity contribution >= 4 is 39.1 Å². The van der Waals surface area contributed by atoms with Crippen LogP contribution >= 0.6 is 11.6 Å². The van der Waals surface area contributed by atoms with Crippen molar-refractivity contribution < 1.29 is 18.0 Å². The van der Waals surface area contributed by atoms with Crippen LogP contribution in [0.5, 0.6) is 0 Å². The van der Waals surface area contributed by atoms with Gasteiger partial charge in [0.15, 0.2) is 0 Å². The Balaban J connectivity index is 1.68. The lowest BCUT2D eigenvalue weighted by atomic mass is 9.95. The third kappa shape index (κ3) is 7.68. The van der Waals surface area contributed by atoms with Gasteiger partial charge in [0.25, 0.3) is 10.0 Å². The van der Waals surface area contributed by atoms with Crippen LogP contribution in [0.25, 0.3) is 0 Å². The first-order chi connectivity index (χ1) is 19.6. The summed E-state index contributed by atoms with van der Waals surface area (Å²) in [7, 11) is -4.17. The molecule has 0 radical (unpaired) electrons. The smallest absolute Gasteiger partial charge is 0.264 e. The van der Waals surface area contributed by atoms with Crippen LogP contribution in [0.3, 0.4) is 0 Å². The minimum Gasteiger partial charge on any atom is -0.352 e. The second-order valence-corrected chi connectivity index (χ2v) is 13.1. The molecule has 1 aliphatic rings. The topological polar surface area (TPSA) is 86.8 Å². The number of sulfonamides is 1. The number of rotatable bonds is 10. The van der Waals surface area contributed by atoms with Gasteiger partial charge < -0.3 is 10.2 Å². The monoisotopic (exact) mass is 595 g/mol. The molecule has 1 atom stereocenters. The Morgan fingerprint density at radius 1 is 0.927 bits per heavy atom. The average Bonchev–Trinajstić information content (AvgIpc) is 2.95. The summed E-state index contributed by atoms with van der Waals surface area (Å²) in [6, 6.07) is 20.0. The van der Waals surface area contributed by atoms with E-state index in [9.17, 15) is 18.0 Å². The number of halogens is 1. The number of nitrogens with one attached hydrogen (secondary N) is 1. The number of aryl methyl sites for hydroxylation is 2. The van der Waals surface area contributed by atoms with Crippen molar-refractivity contribution in [2.24, 2.45) is 0 Å². The lowest BCUT2D eigenvalue weighted by molar-refractivity contribution is -0.139. The second-order valence-electron chi connectivity index (χ2n) is 10.8. The molecule has 1 fully saturated rings. The fraction of sp³-hybridized carbons (Fsp3) is 0.375. The predicted octanol–water partition coefficient (Wildman–Crippen LogP) is 6.02. The molecule has 7 nitrogen and oxygen atoms in total. The summed E-state index contributed by atoms with van der Waals surface area (Å²) in [6.07, 6.45) is 5.12. The van der Waals surface area contributed by atoms with E-state index in [0.717, 1.165) is 53.1 Å². The van der Waals surface area contributed by atoms with Gasteiger partial charge in [-0.3, -0.25) is 13.9 Å². The van der Waals surface area contributed by atoms with Gasteiger partial charge in [0.1, 0.15) is 12.6 Å². The Kier molecular flexibility index (Phi) is 10.1. The number of nitrogens with zero attached hydrogens (tertiary/aromatic N) is 2. The highest BCUT2D eigenvalue weighted by Crippen LogP contribution is 2.31. The van der Waals surface area contributed by atoms with Crippen molar-refractivity contribution in [3.05, 3.63) is 94.5 Å². The highest BCUT2D eigenvalue weighted by Gasteiger charge is 2.34. The molecule has 41 heavy (non-hydrogen) atoms. The number of carbonyl (C=O) groups is 2. The van der Waals surface area contributed by atoms with Crippen LogP contribution in [-0.2, 0) is 26.2 Å². The molecule has 0 unspecified atom stereocenters.